The van der Waals surface area contributed by atoms with Gasteiger partial charge in [0.05, 0.1) is 7.45 Å². The van der Waals surface area contributed by atoms with E-state index in [-0.39, 0.29) is 17.4 Å². The molecule has 0 amide bonds. The number of hydrogen-bond donors (Lipinski definition) is 0. The van der Waals surface area contributed by atoms with Crippen molar-refractivity contribution in [2.45, 2.75) is 13.0 Å². The summed E-state index contributed by atoms with van der Waals surface area (Å²) < 4.78 is 35.2. The quantitative estimate of drug-likeness (QED) is 0.602. The van der Waals surface area contributed by atoms with Crippen LogP contribution in [-0.2, 0) is 36.1 Å². The molecule has 1 aromatic rings. The van der Waals surface area contributed by atoms with Gasteiger partial charge in [-0.05, 0) is 12.5 Å². The molecule has 1 rings (SSSR count). The first-order valence-corrected chi connectivity index (χ1v) is 3.89. The molecular formula is C12H12CrO4. The van der Waals surface area contributed by atoms with E-state index in [9.17, 15) is 0 Å². The van der Waals surface area contributed by atoms with Crippen LogP contribution in [0.15, 0.2) is 30.3 Å². The smallest absolute Gasteiger partial charge is 0 e. The summed E-state index contributed by atoms with van der Waals surface area (Å²) in [5, 5.41) is 0. The minimum Gasteiger partial charge on any atom is 0 e. The molecule has 0 saturated carbocycles. The maximum Gasteiger partial charge on any atom is 0 e. The van der Waals surface area contributed by atoms with Gasteiger partial charge in [-0.15, -0.1) is 0 Å². The van der Waals surface area contributed by atoms with Crippen molar-refractivity contribution in [3.8, 4) is 0 Å². The average Bonchev–Trinajstić information content (AvgIpc) is 2.46. The van der Waals surface area contributed by atoms with Crippen LogP contribution in [0.25, 0.3) is 0 Å². The Morgan fingerprint density at radius 3 is 1.71 bits per heavy atom. The second kappa shape index (κ2) is 24.3. The molecule has 0 radical (unpaired) electrons. The Kier molecular flexibility index (Phi) is 30.3. The minimum atomic E-state index is -0.915. The maximum absolute atomic E-state index is 7.69. The van der Waals surface area contributed by atoms with Gasteiger partial charge in [0.2, 0.25) is 0 Å². The molecule has 1 atom stereocenters. The first-order valence-electron chi connectivity index (χ1n) is 4.39. The second-order valence-electron chi connectivity index (χ2n) is 2.13. The van der Waals surface area contributed by atoms with Gasteiger partial charge >= 0.3 is 33.9 Å². The van der Waals surface area contributed by atoms with Gasteiger partial charge < -0.3 is 4.74 Å². The van der Waals surface area contributed by atoms with E-state index in [0.717, 1.165) is 5.56 Å². The molecule has 0 spiro atoms. The maximum atomic E-state index is 7.69. The molecule has 4 nitrogen and oxygen atoms in total. The van der Waals surface area contributed by atoms with Gasteiger partial charge in [-0.3, -0.25) is 0 Å². The average molecular weight is 273 g/mol. The summed E-state index contributed by atoms with van der Waals surface area (Å²) in [5.74, 6) is 0. The van der Waals surface area contributed by atoms with Crippen LogP contribution in [0.5, 0.6) is 0 Å². The predicted molar refractivity (Wildman–Crippen MR) is 53.7 cm³/mol. The van der Waals surface area contributed by atoms with Gasteiger partial charge in [0.1, 0.15) is 0 Å². The van der Waals surface area contributed by atoms with E-state index in [1.807, 2.05) is 30.3 Å². The van der Waals surface area contributed by atoms with Gasteiger partial charge in [0, 0.05) is 24.5 Å². The molecule has 0 bridgehead atoms. The molecular weight excluding hydrogens is 260 g/mol. The Hall–Kier alpha value is -1.07. The van der Waals surface area contributed by atoms with E-state index >= 15 is 0 Å². The van der Waals surface area contributed by atoms with Crippen LogP contribution < -0.4 is 0 Å². The topological polar surface area (TPSA) is 68.9 Å². The molecule has 0 fully saturated rings. The number of hydrogen-bond acceptors (Lipinski definition) is 1. The standard InChI is InChI=1S/C9H12O.3CO.Cr/c1-8(10-2)9-6-4-3-5-7-9;3*1-2;/h3-8H,1-2H3;;;;/t8-;;;;/m1..../s1/i8D;;;;. The van der Waals surface area contributed by atoms with Crippen LogP contribution in [0.4, 0.5) is 0 Å². The molecule has 0 heterocycles. The second-order valence-corrected chi connectivity index (χ2v) is 2.13. The molecule has 1 aromatic carbocycles. The molecule has 0 aromatic heterocycles. The molecule has 0 aliphatic heterocycles. The molecule has 0 saturated heterocycles. The summed E-state index contributed by atoms with van der Waals surface area (Å²) in [6, 6.07) is 9.50. The van der Waals surface area contributed by atoms with Gasteiger partial charge in [-0.2, -0.15) is 0 Å². The number of ether oxygens (including phenoxy) is 1. The Balaban J connectivity index is -0.000000123. The summed E-state index contributed by atoms with van der Waals surface area (Å²) in [6.07, 6.45) is -0.915. The number of benzene rings is 1. The Bertz CT molecular complexity index is 319. The van der Waals surface area contributed by atoms with Crippen molar-refractivity contribution >= 4 is 0 Å². The van der Waals surface area contributed by atoms with Crippen molar-refractivity contribution in [1.82, 2.24) is 0 Å². The fraction of sp³-hybridized carbons (Fsp3) is 0.250. The van der Waals surface area contributed by atoms with Gasteiger partial charge in [0.15, 0.2) is 0 Å². The van der Waals surface area contributed by atoms with E-state index in [1.165, 1.54) is 0 Å². The summed E-state index contributed by atoms with van der Waals surface area (Å²) >= 11 is 0. The van der Waals surface area contributed by atoms with Crippen LogP contribution in [0.3, 0.4) is 0 Å². The fourth-order valence-electron chi connectivity index (χ4n) is 0.791. The van der Waals surface area contributed by atoms with Crippen molar-refractivity contribution < 1.29 is 37.4 Å². The molecule has 5 heteroatoms. The Labute approximate surface area is 114 Å². The summed E-state index contributed by atoms with van der Waals surface area (Å²) in [7, 11) is 1.54. The van der Waals surface area contributed by atoms with Gasteiger partial charge in [-0.1, -0.05) is 30.3 Å². The minimum absolute atomic E-state index is 0. The molecule has 0 N–H and O–H groups in total. The van der Waals surface area contributed by atoms with E-state index in [2.05, 4.69) is 20.0 Å². The SMILES string of the molecule is [2H][C@](C)(OC)c1ccccc1.[C-]#[O+].[C-]#[O+].[C-]#[O+].[Cr]. The van der Waals surface area contributed by atoms with Crippen LogP contribution in [0.2, 0.25) is 0 Å². The molecule has 17 heavy (non-hydrogen) atoms. The summed E-state index contributed by atoms with van der Waals surface area (Å²) in [5.41, 5.74) is 0.877. The van der Waals surface area contributed by atoms with Crippen LogP contribution in [0, 0.1) is 20.0 Å². The zero-order valence-electron chi connectivity index (χ0n) is 10.4. The Morgan fingerprint density at radius 1 is 1.06 bits per heavy atom. The molecule has 0 unspecified atom stereocenters. The van der Waals surface area contributed by atoms with Crippen LogP contribution in [-0.4, -0.2) is 7.11 Å². The first kappa shape index (κ1) is 21.2. The Morgan fingerprint density at radius 2 is 1.41 bits per heavy atom. The van der Waals surface area contributed by atoms with Gasteiger partial charge in [-0.25, -0.2) is 0 Å². The monoisotopic (exact) mass is 273 g/mol. The molecule has 0 aliphatic carbocycles. The zero-order chi connectivity index (χ0) is 14.3. The summed E-state index contributed by atoms with van der Waals surface area (Å²) in [4.78, 5) is 0. The van der Waals surface area contributed by atoms with E-state index in [4.69, 9.17) is 20.1 Å². The van der Waals surface area contributed by atoms with Crippen molar-refractivity contribution in [3.05, 3.63) is 55.8 Å². The van der Waals surface area contributed by atoms with E-state index < -0.39 is 6.08 Å². The number of methoxy groups -OCH3 is 1. The van der Waals surface area contributed by atoms with Crippen molar-refractivity contribution in [1.29, 1.82) is 0 Å². The molecule has 90 valence electrons. The van der Waals surface area contributed by atoms with Crippen LogP contribution >= 0.6 is 0 Å². The number of rotatable bonds is 2. The summed E-state index contributed by atoms with van der Waals surface area (Å²) in [6.45, 7) is 15.2. The van der Waals surface area contributed by atoms with E-state index in [1.54, 1.807) is 14.0 Å². The third kappa shape index (κ3) is 14.9. The normalized spacial score (nSPS) is 10.7. The first-order chi connectivity index (χ1) is 8.17. The van der Waals surface area contributed by atoms with E-state index in [0.29, 0.717) is 0 Å². The molecule has 0 aliphatic rings. The third-order valence-corrected chi connectivity index (χ3v) is 1.49. The van der Waals surface area contributed by atoms with Crippen molar-refractivity contribution in [2.24, 2.45) is 0 Å². The van der Waals surface area contributed by atoms with Crippen molar-refractivity contribution in [3.63, 3.8) is 0 Å². The third-order valence-electron chi connectivity index (χ3n) is 1.49. The van der Waals surface area contributed by atoms with Crippen molar-refractivity contribution in [2.75, 3.05) is 7.11 Å². The van der Waals surface area contributed by atoms with Gasteiger partial charge in [0.25, 0.3) is 0 Å². The van der Waals surface area contributed by atoms with Crippen LogP contribution in [0.1, 0.15) is 19.9 Å². The fourth-order valence-corrected chi connectivity index (χ4v) is 0.791. The largest absolute Gasteiger partial charge is 0 e. The zero-order valence-corrected chi connectivity index (χ0v) is 10.7. The predicted octanol–water partition coefficient (Wildman–Crippen LogP) is 2.28.